The van der Waals surface area contributed by atoms with Gasteiger partial charge in [0.1, 0.15) is 11.4 Å². The molecule has 0 aliphatic rings. The van der Waals surface area contributed by atoms with Gasteiger partial charge in [-0.2, -0.15) is 13.2 Å². The van der Waals surface area contributed by atoms with Gasteiger partial charge in [0.2, 0.25) is 0 Å². The van der Waals surface area contributed by atoms with Gasteiger partial charge in [-0.25, -0.2) is 0 Å². The molecule has 2 aromatic rings. The van der Waals surface area contributed by atoms with Crippen LogP contribution in [-0.2, 0) is 6.18 Å². The second-order valence-electron chi connectivity index (χ2n) is 3.48. The molecule has 0 amide bonds. The first-order chi connectivity index (χ1) is 7.97. The molecule has 0 aliphatic heterocycles. The van der Waals surface area contributed by atoms with Crippen LogP contribution in [0, 0.1) is 0 Å². The van der Waals surface area contributed by atoms with Crippen LogP contribution in [0.5, 0.6) is 5.75 Å². The fourth-order valence-corrected chi connectivity index (χ4v) is 1.42. The smallest absolute Gasteiger partial charge is 0.433 e. The predicted molar refractivity (Wildman–Crippen MR) is 56.3 cm³/mol. The molecule has 0 saturated carbocycles. The maximum Gasteiger partial charge on any atom is 0.433 e. The lowest BCUT2D eigenvalue weighted by Crippen LogP contribution is -2.07. The molecule has 0 bridgehead atoms. The molecule has 88 valence electrons. The molecular weight excluding hydrogens is 231 g/mol. The van der Waals surface area contributed by atoms with Gasteiger partial charge in [0.15, 0.2) is 0 Å². The summed E-state index contributed by atoms with van der Waals surface area (Å²) < 4.78 is 36.9. The molecule has 0 fully saturated rings. The van der Waals surface area contributed by atoms with Gasteiger partial charge in [0, 0.05) is 11.8 Å². The quantitative estimate of drug-likeness (QED) is 0.826. The number of hydrogen-bond acceptors (Lipinski definition) is 2. The van der Waals surface area contributed by atoms with Crippen molar-refractivity contribution in [3.05, 3.63) is 48.3 Å². The molecule has 0 unspecified atom stereocenters. The van der Waals surface area contributed by atoms with Gasteiger partial charge in [-0.05, 0) is 23.8 Å². The molecule has 17 heavy (non-hydrogen) atoms. The number of aromatic hydroxyl groups is 1. The standard InChI is InChI=1S/C12H8F3NO/c13-12(14,15)11-5-4-9(7-16-11)8-2-1-3-10(17)6-8/h1-7,17H. The number of alkyl halides is 3. The van der Waals surface area contributed by atoms with E-state index in [1.165, 1.54) is 18.2 Å². The Morgan fingerprint density at radius 2 is 1.76 bits per heavy atom. The third-order valence-corrected chi connectivity index (χ3v) is 2.23. The number of nitrogens with zero attached hydrogens (tertiary/aromatic N) is 1. The molecule has 0 atom stereocenters. The molecule has 0 spiro atoms. The van der Waals surface area contributed by atoms with Gasteiger partial charge in [-0.1, -0.05) is 18.2 Å². The minimum absolute atomic E-state index is 0.0578. The Bertz CT molecular complexity index is 520. The van der Waals surface area contributed by atoms with E-state index in [1.807, 2.05) is 0 Å². The van der Waals surface area contributed by atoms with Crippen molar-refractivity contribution in [3.8, 4) is 16.9 Å². The lowest BCUT2D eigenvalue weighted by Gasteiger charge is -2.06. The van der Waals surface area contributed by atoms with E-state index in [4.69, 9.17) is 0 Å². The normalized spacial score (nSPS) is 11.5. The molecule has 0 saturated heterocycles. The molecule has 1 N–H and O–H groups in total. The number of aromatic nitrogens is 1. The Labute approximate surface area is 95.4 Å². The second-order valence-corrected chi connectivity index (χ2v) is 3.48. The molecule has 1 aromatic heterocycles. The highest BCUT2D eigenvalue weighted by atomic mass is 19.4. The average Bonchev–Trinajstić information content (AvgIpc) is 2.28. The summed E-state index contributed by atoms with van der Waals surface area (Å²) >= 11 is 0. The summed E-state index contributed by atoms with van der Waals surface area (Å²) in [5.41, 5.74) is 0.210. The maximum absolute atomic E-state index is 12.3. The van der Waals surface area contributed by atoms with Crippen LogP contribution in [0.15, 0.2) is 42.6 Å². The number of rotatable bonds is 1. The fourth-order valence-electron chi connectivity index (χ4n) is 1.42. The summed E-state index contributed by atoms with van der Waals surface area (Å²) in [6.45, 7) is 0. The lowest BCUT2D eigenvalue weighted by molar-refractivity contribution is -0.141. The van der Waals surface area contributed by atoms with Gasteiger partial charge in [-0.15, -0.1) is 0 Å². The Hall–Kier alpha value is -2.04. The van der Waals surface area contributed by atoms with E-state index in [0.717, 1.165) is 12.3 Å². The molecule has 1 heterocycles. The monoisotopic (exact) mass is 239 g/mol. The van der Waals surface area contributed by atoms with Crippen molar-refractivity contribution in [2.45, 2.75) is 6.18 Å². The van der Waals surface area contributed by atoms with Gasteiger partial charge >= 0.3 is 6.18 Å². The van der Waals surface area contributed by atoms with Gasteiger partial charge in [-0.3, -0.25) is 4.98 Å². The number of phenols is 1. The van der Waals surface area contributed by atoms with Crippen molar-refractivity contribution in [1.29, 1.82) is 0 Å². The Morgan fingerprint density at radius 1 is 1.00 bits per heavy atom. The molecule has 2 nitrogen and oxygen atoms in total. The number of phenolic OH excluding ortho intramolecular Hbond substituents is 1. The van der Waals surface area contributed by atoms with E-state index >= 15 is 0 Å². The Balaban J connectivity index is 2.36. The van der Waals surface area contributed by atoms with Crippen molar-refractivity contribution in [1.82, 2.24) is 4.98 Å². The fraction of sp³-hybridized carbons (Fsp3) is 0.0833. The molecular formula is C12H8F3NO. The zero-order valence-electron chi connectivity index (χ0n) is 8.57. The lowest BCUT2D eigenvalue weighted by atomic mass is 10.1. The summed E-state index contributed by atoms with van der Waals surface area (Å²) in [7, 11) is 0. The molecule has 0 aliphatic carbocycles. The number of pyridine rings is 1. The second kappa shape index (κ2) is 4.08. The van der Waals surface area contributed by atoms with Crippen molar-refractivity contribution >= 4 is 0 Å². The summed E-state index contributed by atoms with van der Waals surface area (Å²) in [5, 5.41) is 9.26. The zero-order valence-corrected chi connectivity index (χ0v) is 8.57. The van der Waals surface area contributed by atoms with Crippen LogP contribution in [0.25, 0.3) is 11.1 Å². The molecule has 5 heteroatoms. The summed E-state index contributed by atoms with van der Waals surface area (Å²) in [6, 6.07) is 8.49. The summed E-state index contributed by atoms with van der Waals surface area (Å²) in [6.07, 6.45) is -3.30. The minimum Gasteiger partial charge on any atom is -0.508 e. The summed E-state index contributed by atoms with van der Waals surface area (Å²) in [4.78, 5) is 3.35. The number of halogens is 3. The predicted octanol–water partition coefficient (Wildman–Crippen LogP) is 3.47. The first kappa shape index (κ1) is 11.4. The Morgan fingerprint density at radius 3 is 2.29 bits per heavy atom. The van der Waals surface area contributed by atoms with Crippen LogP contribution in [0.3, 0.4) is 0 Å². The molecule has 1 aromatic carbocycles. The van der Waals surface area contributed by atoms with E-state index in [1.54, 1.807) is 12.1 Å². The van der Waals surface area contributed by atoms with E-state index in [-0.39, 0.29) is 5.75 Å². The average molecular weight is 239 g/mol. The van der Waals surface area contributed by atoms with Crippen LogP contribution >= 0.6 is 0 Å². The van der Waals surface area contributed by atoms with Gasteiger partial charge in [0.05, 0.1) is 0 Å². The van der Waals surface area contributed by atoms with Gasteiger partial charge in [0.25, 0.3) is 0 Å². The number of hydrogen-bond donors (Lipinski definition) is 1. The highest BCUT2D eigenvalue weighted by molar-refractivity contribution is 5.64. The SMILES string of the molecule is Oc1cccc(-c2ccc(C(F)(F)F)nc2)c1. The largest absolute Gasteiger partial charge is 0.508 e. The van der Waals surface area contributed by atoms with Crippen molar-refractivity contribution in [3.63, 3.8) is 0 Å². The van der Waals surface area contributed by atoms with Crippen LogP contribution in [0.1, 0.15) is 5.69 Å². The van der Waals surface area contributed by atoms with Crippen molar-refractivity contribution in [2.75, 3.05) is 0 Å². The molecule has 2 rings (SSSR count). The highest BCUT2D eigenvalue weighted by Crippen LogP contribution is 2.29. The number of benzene rings is 1. The Kier molecular flexibility index (Phi) is 2.75. The first-order valence-corrected chi connectivity index (χ1v) is 4.79. The van der Waals surface area contributed by atoms with E-state index in [2.05, 4.69) is 4.98 Å². The minimum atomic E-state index is -4.43. The van der Waals surface area contributed by atoms with E-state index < -0.39 is 11.9 Å². The summed E-state index contributed by atoms with van der Waals surface area (Å²) in [5.74, 6) is 0.0578. The maximum atomic E-state index is 12.3. The third kappa shape index (κ3) is 2.55. The highest BCUT2D eigenvalue weighted by Gasteiger charge is 2.31. The third-order valence-electron chi connectivity index (χ3n) is 2.23. The van der Waals surface area contributed by atoms with Crippen LogP contribution in [-0.4, -0.2) is 10.1 Å². The van der Waals surface area contributed by atoms with Crippen molar-refractivity contribution < 1.29 is 18.3 Å². The van der Waals surface area contributed by atoms with E-state index in [0.29, 0.717) is 11.1 Å². The van der Waals surface area contributed by atoms with E-state index in [9.17, 15) is 18.3 Å². The topological polar surface area (TPSA) is 33.1 Å². The van der Waals surface area contributed by atoms with Crippen LogP contribution < -0.4 is 0 Å². The van der Waals surface area contributed by atoms with Crippen LogP contribution in [0.2, 0.25) is 0 Å². The first-order valence-electron chi connectivity index (χ1n) is 4.79. The van der Waals surface area contributed by atoms with Crippen LogP contribution in [0.4, 0.5) is 13.2 Å². The van der Waals surface area contributed by atoms with Crippen molar-refractivity contribution in [2.24, 2.45) is 0 Å². The van der Waals surface area contributed by atoms with Gasteiger partial charge < -0.3 is 5.11 Å². The zero-order chi connectivity index (χ0) is 12.5. The molecule has 0 radical (unpaired) electrons.